The summed E-state index contributed by atoms with van der Waals surface area (Å²) in [5.74, 6) is 0.913. The van der Waals surface area contributed by atoms with Gasteiger partial charge in [0.2, 0.25) is 11.8 Å². The Morgan fingerprint density at radius 2 is 1.94 bits per heavy atom. The molecule has 174 valence electrons. The normalized spacial score (nSPS) is 16.4. The molecule has 0 fully saturated rings. The minimum atomic E-state index is -0.127. The first-order valence-corrected chi connectivity index (χ1v) is 12.7. The van der Waals surface area contributed by atoms with Crippen molar-refractivity contribution in [1.82, 2.24) is 9.80 Å². The average molecular weight is 457 g/mol. The van der Waals surface area contributed by atoms with E-state index >= 15 is 0 Å². The lowest BCUT2D eigenvalue weighted by atomic mass is 9.93. The number of nitrogens with zero attached hydrogens (tertiary/aromatic N) is 2. The van der Waals surface area contributed by atoms with Crippen molar-refractivity contribution in [3.8, 4) is 5.75 Å². The Labute approximate surface area is 196 Å². The molecule has 2 unspecified atom stereocenters. The van der Waals surface area contributed by atoms with Gasteiger partial charge in [-0.3, -0.25) is 9.59 Å². The van der Waals surface area contributed by atoms with Crippen LogP contribution in [0.15, 0.2) is 35.7 Å². The number of amides is 2. The summed E-state index contributed by atoms with van der Waals surface area (Å²) in [6.07, 6.45) is 5.22. The van der Waals surface area contributed by atoms with Crippen LogP contribution in [0.5, 0.6) is 5.75 Å². The molecule has 5 nitrogen and oxygen atoms in total. The fraction of sp³-hybridized carbons (Fsp3) is 0.538. The molecule has 2 heterocycles. The number of carbonyl (C=O) groups is 2. The molecule has 0 radical (unpaired) electrons. The van der Waals surface area contributed by atoms with E-state index in [2.05, 4.69) is 25.3 Å². The Bertz CT molecular complexity index is 893. The molecular weight excluding hydrogens is 420 g/mol. The highest BCUT2D eigenvalue weighted by molar-refractivity contribution is 7.10. The van der Waals surface area contributed by atoms with Crippen molar-refractivity contribution in [3.05, 3.63) is 51.7 Å². The largest absolute Gasteiger partial charge is 0.497 e. The molecule has 6 heteroatoms. The molecule has 0 saturated carbocycles. The molecule has 2 atom stereocenters. The zero-order valence-electron chi connectivity index (χ0n) is 19.8. The van der Waals surface area contributed by atoms with E-state index in [1.807, 2.05) is 36.1 Å². The summed E-state index contributed by atoms with van der Waals surface area (Å²) in [5, 5.41) is 2.11. The molecule has 0 saturated heterocycles. The van der Waals surface area contributed by atoms with Gasteiger partial charge >= 0.3 is 0 Å². The number of fused-ring (bicyclic) bond motifs is 1. The number of hydrogen-bond acceptors (Lipinski definition) is 4. The molecule has 2 aromatic rings. The predicted octanol–water partition coefficient (Wildman–Crippen LogP) is 5.44. The second-order valence-corrected chi connectivity index (χ2v) is 9.55. The van der Waals surface area contributed by atoms with E-state index in [-0.39, 0.29) is 30.4 Å². The van der Waals surface area contributed by atoms with Crippen LogP contribution in [0.2, 0.25) is 0 Å². The molecule has 0 aliphatic carbocycles. The third-order valence-corrected chi connectivity index (χ3v) is 7.46. The first kappa shape index (κ1) is 24.3. The number of thiophene rings is 1. The number of unbranched alkanes of at least 4 members (excludes halogenated alkanes) is 2. The van der Waals surface area contributed by atoms with Crippen molar-refractivity contribution < 1.29 is 14.3 Å². The van der Waals surface area contributed by atoms with Gasteiger partial charge in [0.05, 0.1) is 13.2 Å². The Kier molecular flexibility index (Phi) is 8.74. The summed E-state index contributed by atoms with van der Waals surface area (Å²) in [5.41, 5.74) is 2.27. The Hall–Kier alpha value is -2.34. The summed E-state index contributed by atoms with van der Waals surface area (Å²) < 4.78 is 5.32. The first-order valence-electron chi connectivity index (χ1n) is 11.8. The van der Waals surface area contributed by atoms with Crippen molar-refractivity contribution in [3.63, 3.8) is 0 Å². The van der Waals surface area contributed by atoms with Gasteiger partial charge in [-0.25, -0.2) is 0 Å². The van der Waals surface area contributed by atoms with Crippen molar-refractivity contribution >= 4 is 23.2 Å². The number of methoxy groups -OCH3 is 1. The van der Waals surface area contributed by atoms with Crippen LogP contribution in [-0.4, -0.2) is 47.9 Å². The van der Waals surface area contributed by atoms with E-state index < -0.39 is 0 Å². The maximum Gasteiger partial charge on any atom is 0.243 e. The fourth-order valence-electron chi connectivity index (χ4n) is 4.35. The fourth-order valence-corrected chi connectivity index (χ4v) is 5.25. The maximum absolute atomic E-state index is 13.6. The zero-order chi connectivity index (χ0) is 23.1. The van der Waals surface area contributed by atoms with Crippen molar-refractivity contribution in [2.75, 3.05) is 20.2 Å². The molecule has 32 heavy (non-hydrogen) atoms. The molecule has 3 rings (SSSR count). The third kappa shape index (κ3) is 5.52. The minimum absolute atomic E-state index is 0.0202. The van der Waals surface area contributed by atoms with Crippen LogP contribution >= 0.6 is 11.3 Å². The van der Waals surface area contributed by atoms with Crippen LogP contribution < -0.4 is 4.74 Å². The number of ether oxygens (including phenoxy) is 1. The van der Waals surface area contributed by atoms with E-state index in [0.717, 1.165) is 43.4 Å². The molecule has 1 aromatic heterocycles. The molecule has 1 aromatic carbocycles. The second kappa shape index (κ2) is 11.5. The topological polar surface area (TPSA) is 49.9 Å². The van der Waals surface area contributed by atoms with Gasteiger partial charge < -0.3 is 14.5 Å². The van der Waals surface area contributed by atoms with Gasteiger partial charge in [0, 0.05) is 23.9 Å². The Balaban J connectivity index is 1.84. The van der Waals surface area contributed by atoms with Crippen LogP contribution in [0.4, 0.5) is 0 Å². The van der Waals surface area contributed by atoms with Crippen LogP contribution in [-0.2, 0) is 16.0 Å². The molecule has 0 spiro atoms. The van der Waals surface area contributed by atoms with Crippen molar-refractivity contribution in [2.45, 2.75) is 71.4 Å². The van der Waals surface area contributed by atoms with Gasteiger partial charge in [-0.2, -0.15) is 0 Å². The molecule has 1 aliphatic rings. The molecule has 0 bridgehead atoms. The van der Waals surface area contributed by atoms with Gasteiger partial charge in [-0.1, -0.05) is 38.8 Å². The standard InChI is InChI=1S/C26H36N2O3S/c1-5-7-8-9-24(29)28(19(3)6-2)18-25(30)27-16-14-23-22(15-17-32-23)26(27)20-10-12-21(31-4)13-11-20/h10-13,15,17,19,26H,5-9,14,16,18H2,1-4H3. The van der Waals surface area contributed by atoms with E-state index in [1.54, 1.807) is 23.3 Å². The lowest BCUT2D eigenvalue weighted by Crippen LogP contribution is -2.49. The highest BCUT2D eigenvalue weighted by Crippen LogP contribution is 2.38. The van der Waals surface area contributed by atoms with Crippen molar-refractivity contribution in [1.29, 1.82) is 0 Å². The highest BCUT2D eigenvalue weighted by atomic mass is 32.1. The third-order valence-electron chi connectivity index (χ3n) is 6.46. The van der Waals surface area contributed by atoms with Crippen LogP contribution in [0.3, 0.4) is 0 Å². The van der Waals surface area contributed by atoms with Gasteiger partial charge in [-0.05, 0) is 60.9 Å². The van der Waals surface area contributed by atoms with Crippen LogP contribution in [0.1, 0.15) is 74.9 Å². The van der Waals surface area contributed by atoms with Gasteiger partial charge in [0.1, 0.15) is 12.3 Å². The van der Waals surface area contributed by atoms with Crippen LogP contribution in [0.25, 0.3) is 0 Å². The van der Waals surface area contributed by atoms with E-state index in [4.69, 9.17) is 4.74 Å². The molecule has 2 amide bonds. The molecule has 1 aliphatic heterocycles. The van der Waals surface area contributed by atoms with E-state index in [0.29, 0.717) is 13.0 Å². The Morgan fingerprint density at radius 3 is 2.59 bits per heavy atom. The Morgan fingerprint density at radius 1 is 1.19 bits per heavy atom. The summed E-state index contributed by atoms with van der Waals surface area (Å²) in [6, 6.07) is 10.0. The smallest absolute Gasteiger partial charge is 0.243 e. The molecule has 0 N–H and O–H groups in total. The lowest BCUT2D eigenvalue weighted by Gasteiger charge is -2.38. The zero-order valence-corrected chi connectivity index (χ0v) is 20.6. The minimum Gasteiger partial charge on any atom is -0.497 e. The molecular formula is C26H36N2O3S. The number of rotatable bonds is 10. The lowest BCUT2D eigenvalue weighted by molar-refractivity contribution is -0.143. The number of hydrogen-bond donors (Lipinski definition) is 0. The van der Waals surface area contributed by atoms with Crippen LogP contribution in [0, 0.1) is 0 Å². The quantitative estimate of drug-likeness (QED) is 0.448. The van der Waals surface area contributed by atoms with Gasteiger partial charge in [0.15, 0.2) is 0 Å². The summed E-state index contributed by atoms with van der Waals surface area (Å²) >= 11 is 1.76. The highest BCUT2D eigenvalue weighted by Gasteiger charge is 2.34. The number of benzene rings is 1. The summed E-state index contributed by atoms with van der Waals surface area (Å²) in [6.45, 7) is 7.06. The van der Waals surface area contributed by atoms with Gasteiger partial charge in [-0.15, -0.1) is 11.3 Å². The SMILES string of the molecule is CCCCCC(=O)N(CC(=O)N1CCc2sccc2C1c1ccc(OC)cc1)C(C)CC. The first-order chi connectivity index (χ1) is 15.5. The monoisotopic (exact) mass is 456 g/mol. The maximum atomic E-state index is 13.6. The van der Waals surface area contributed by atoms with E-state index in [9.17, 15) is 9.59 Å². The van der Waals surface area contributed by atoms with E-state index in [1.165, 1.54) is 10.4 Å². The predicted molar refractivity (Wildman–Crippen MR) is 130 cm³/mol. The van der Waals surface area contributed by atoms with Crippen molar-refractivity contribution in [2.24, 2.45) is 0 Å². The van der Waals surface area contributed by atoms with Gasteiger partial charge in [0.25, 0.3) is 0 Å². The summed E-state index contributed by atoms with van der Waals surface area (Å²) in [7, 11) is 1.66. The second-order valence-electron chi connectivity index (χ2n) is 8.55. The summed E-state index contributed by atoms with van der Waals surface area (Å²) in [4.78, 5) is 31.7. The number of carbonyl (C=O) groups excluding carboxylic acids is 2. The average Bonchev–Trinajstić information content (AvgIpc) is 3.30.